The Labute approximate surface area is 89.0 Å². The molecule has 0 saturated carbocycles. The van der Waals surface area contributed by atoms with Gasteiger partial charge in [-0.3, -0.25) is 14.8 Å². The highest BCUT2D eigenvalue weighted by molar-refractivity contribution is 5.76. The van der Waals surface area contributed by atoms with Gasteiger partial charge < -0.3 is 10.0 Å². The van der Waals surface area contributed by atoms with E-state index in [0.717, 1.165) is 0 Å². The van der Waals surface area contributed by atoms with Crippen LogP contribution in [0.25, 0.3) is 0 Å². The Balaban J connectivity index is 3.93. The highest BCUT2D eigenvalue weighted by atomic mass is 16.5. The lowest BCUT2D eigenvalue weighted by Crippen LogP contribution is -2.35. The van der Waals surface area contributed by atoms with Crippen LogP contribution in [0.2, 0.25) is 0 Å². The van der Waals surface area contributed by atoms with Crippen molar-refractivity contribution in [2.24, 2.45) is 0 Å². The number of carbonyl (C=O) groups excluding carboxylic acids is 1. The van der Waals surface area contributed by atoms with Gasteiger partial charge in [-0.1, -0.05) is 0 Å². The van der Waals surface area contributed by atoms with Gasteiger partial charge in [0.05, 0.1) is 13.0 Å². The second-order valence-electron chi connectivity index (χ2n) is 3.68. The van der Waals surface area contributed by atoms with Crippen molar-refractivity contribution in [3.8, 4) is 0 Å². The van der Waals surface area contributed by atoms with E-state index in [9.17, 15) is 14.8 Å². The molecule has 0 aromatic heterocycles. The fraction of sp³-hybridized carbons (Fsp3) is 0.778. The number of hydrogen-bond donors (Lipinski definition) is 2. The van der Waals surface area contributed by atoms with Crippen molar-refractivity contribution < 1.29 is 19.9 Å². The Morgan fingerprint density at radius 1 is 1.33 bits per heavy atom. The minimum atomic E-state index is -1.04. The zero-order chi connectivity index (χ0) is 12.0. The first-order valence-electron chi connectivity index (χ1n) is 4.72. The molecule has 88 valence electrons. The average Bonchev–Trinajstić information content (AvgIpc) is 2.13. The molecule has 0 saturated heterocycles. The van der Waals surface area contributed by atoms with E-state index >= 15 is 0 Å². The molecule has 0 radical (unpaired) electrons. The van der Waals surface area contributed by atoms with E-state index in [0.29, 0.717) is 5.06 Å². The maximum absolute atomic E-state index is 11.3. The Kier molecular flexibility index (Phi) is 5.88. The second kappa shape index (κ2) is 6.36. The Hall–Kier alpha value is -1.14. The van der Waals surface area contributed by atoms with Crippen molar-refractivity contribution in [2.75, 3.05) is 20.6 Å². The van der Waals surface area contributed by atoms with Crippen molar-refractivity contribution >= 4 is 11.9 Å². The van der Waals surface area contributed by atoms with E-state index < -0.39 is 11.9 Å². The normalized spacial score (nSPS) is 12.6. The minimum Gasteiger partial charge on any atom is -0.481 e. The molecular weight excluding hydrogens is 200 g/mol. The molecule has 0 spiro atoms. The molecule has 0 aromatic rings. The highest BCUT2D eigenvalue weighted by Gasteiger charge is 2.16. The molecule has 0 aromatic carbocycles. The Bertz CT molecular complexity index is 230. The third-order valence-corrected chi connectivity index (χ3v) is 2.18. The molecule has 15 heavy (non-hydrogen) atoms. The predicted molar refractivity (Wildman–Crippen MR) is 53.5 cm³/mol. The molecule has 0 aliphatic carbocycles. The molecule has 0 heterocycles. The van der Waals surface area contributed by atoms with Gasteiger partial charge in [-0.2, -0.15) is 0 Å². The van der Waals surface area contributed by atoms with Gasteiger partial charge in [0, 0.05) is 12.5 Å². The van der Waals surface area contributed by atoms with E-state index in [1.807, 2.05) is 25.9 Å². The number of carbonyl (C=O) groups is 2. The van der Waals surface area contributed by atoms with Crippen molar-refractivity contribution in [1.82, 2.24) is 9.96 Å². The number of carboxylic acids is 1. The van der Waals surface area contributed by atoms with E-state index in [1.165, 1.54) is 0 Å². The van der Waals surface area contributed by atoms with Crippen molar-refractivity contribution in [3.05, 3.63) is 0 Å². The van der Waals surface area contributed by atoms with Crippen molar-refractivity contribution in [2.45, 2.75) is 25.8 Å². The molecule has 0 aliphatic rings. The minimum absolute atomic E-state index is 0.0111. The summed E-state index contributed by atoms with van der Waals surface area (Å²) in [5.74, 6) is -1.50. The summed E-state index contributed by atoms with van der Waals surface area (Å²) in [7, 11) is 3.66. The molecule has 0 fully saturated rings. The van der Waals surface area contributed by atoms with Crippen LogP contribution in [0.3, 0.4) is 0 Å². The number of carboxylic acid groups (broad SMARTS) is 1. The molecule has 1 amide bonds. The maximum Gasteiger partial charge on any atom is 0.305 e. The summed E-state index contributed by atoms with van der Waals surface area (Å²) in [5, 5.41) is 18.0. The van der Waals surface area contributed by atoms with E-state index in [2.05, 4.69) is 0 Å². The molecule has 1 unspecified atom stereocenters. The molecule has 2 N–H and O–H groups in total. The first kappa shape index (κ1) is 13.9. The van der Waals surface area contributed by atoms with Crippen LogP contribution >= 0.6 is 0 Å². The van der Waals surface area contributed by atoms with Gasteiger partial charge in [-0.25, -0.2) is 5.06 Å². The Morgan fingerprint density at radius 2 is 1.87 bits per heavy atom. The van der Waals surface area contributed by atoms with E-state index in [-0.39, 0.29) is 25.4 Å². The fourth-order valence-electron chi connectivity index (χ4n) is 0.867. The standard InChI is InChI=1S/C9H18N2O4/c1-7(10(2)3)6-8(12)11(15)5-4-9(13)14/h7,15H,4-6H2,1-3H3,(H,13,14). The van der Waals surface area contributed by atoms with Gasteiger partial charge in [0.2, 0.25) is 5.91 Å². The van der Waals surface area contributed by atoms with Gasteiger partial charge in [0.1, 0.15) is 0 Å². The largest absolute Gasteiger partial charge is 0.481 e. The molecule has 0 aliphatic heterocycles. The van der Waals surface area contributed by atoms with Gasteiger partial charge in [-0.15, -0.1) is 0 Å². The summed E-state index contributed by atoms with van der Waals surface area (Å²) in [6.07, 6.45) is -0.0816. The number of aliphatic carboxylic acids is 1. The highest BCUT2D eigenvalue weighted by Crippen LogP contribution is 2.01. The first-order chi connectivity index (χ1) is 6.84. The lowest BCUT2D eigenvalue weighted by atomic mass is 10.2. The van der Waals surface area contributed by atoms with Gasteiger partial charge in [-0.05, 0) is 21.0 Å². The second-order valence-corrected chi connectivity index (χ2v) is 3.68. The van der Waals surface area contributed by atoms with Crippen LogP contribution in [-0.2, 0) is 9.59 Å². The molecule has 6 nitrogen and oxygen atoms in total. The molecule has 1 atom stereocenters. The number of amides is 1. The Morgan fingerprint density at radius 3 is 2.27 bits per heavy atom. The molecule has 6 heteroatoms. The van der Waals surface area contributed by atoms with Crippen LogP contribution < -0.4 is 0 Å². The maximum atomic E-state index is 11.3. The van der Waals surface area contributed by atoms with E-state index in [4.69, 9.17) is 5.11 Å². The smallest absolute Gasteiger partial charge is 0.305 e. The summed E-state index contributed by atoms with van der Waals surface area (Å²) in [4.78, 5) is 23.4. The van der Waals surface area contributed by atoms with Crippen LogP contribution in [0.15, 0.2) is 0 Å². The van der Waals surface area contributed by atoms with Crippen LogP contribution in [0.4, 0.5) is 0 Å². The van der Waals surface area contributed by atoms with E-state index in [1.54, 1.807) is 0 Å². The van der Waals surface area contributed by atoms with Gasteiger partial charge in [0.15, 0.2) is 0 Å². The SMILES string of the molecule is CC(CC(=O)N(O)CCC(=O)O)N(C)C. The lowest BCUT2D eigenvalue weighted by molar-refractivity contribution is -0.168. The summed E-state index contributed by atoms with van der Waals surface area (Å²) in [6.45, 7) is 1.68. The number of nitrogens with zero attached hydrogens (tertiary/aromatic N) is 2. The van der Waals surface area contributed by atoms with Crippen LogP contribution in [0.5, 0.6) is 0 Å². The zero-order valence-electron chi connectivity index (χ0n) is 9.30. The first-order valence-corrected chi connectivity index (χ1v) is 4.72. The number of hydrogen-bond acceptors (Lipinski definition) is 4. The topological polar surface area (TPSA) is 81.1 Å². The zero-order valence-corrected chi connectivity index (χ0v) is 9.30. The van der Waals surface area contributed by atoms with Gasteiger partial charge in [0.25, 0.3) is 0 Å². The van der Waals surface area contributed by atoms with Crippen LogP contribution in [-0.4, -0.2) is 58.8 Å². The third kappa shape index (κ3) is 6.03. The van der Waals surface area contributed by atoms with Crippen molar-refractivity contribution in [3.63, 3.8) is 0 Å². The molecular formula is C9H18N2O4. The summed E-state index contributed by atoms with van der Waals surface area (Å²) in [5.41, 5.74) is 0. The number of rotatable bonds is 6. The molecule has 0 bridgehead atoms. The van der Waals surface area contributed by atoms with Crippen molar-refractivity contribution in [1.29, 1.82) is 0 Å². The number of hydroxylamine groups is 2. The quantitative estimate of drug-likeness (QED) is 0.485. The third-order valence-electron chi connectivity index (χ3n) is 2.18. The molecule has 0 rings (SSSR count). The summed E-state index contributed by atoms with van der Waals surface area (Å²) < 4.78 is 0. The summed E-state index contributed by atoms with van der Waals surface area (Å²) in [6, 6.07) is 0.0111. The summed E-state index contributed by atoms with van der Waals surface area (Å²) >= 11 is 0. The van der Waals surface area contributed by atoms with Crippen LogP contribution in [0, 0.1) is 0 Å². The predicted octanol–water partition coefficient (Wildman–Crippen LogP) is 0.0191. The monoisotopic (exact) mass is 218 g/mol. The van der Waals surface area contributed by atoms with Gasteiger partial charge >= 0.3 is 5.97 Å². The fourth-order valence-corrected chi connectivity index (χ4v) is 0.867. The van der Waals surface area contributed by atoms with Crippen LogP contribution in [0.1, 0.15) is 19.8 Å². The lowest BCUT2D eigenvalue weighted by Gasteiger charge is -2.21. The average molecular weight is 218 g/mol.